The zero-order valence-electron chi connectivity index (χ0n) is 13.9. The van der Waals surface area contributed by atoms with Crippen molar-refractivity contribution in [1.82, 2.24) is 10.2 Å². The van der Waals surface area contributed by atoms with E-state index in [1.165, 1.54) is 0 Å². The minimum absolute atomic E-state index is 0.0701. The first-order valence-corrected chi connectivity index (χ1v) is 10.1. The highest BCUT2D eigenvalue weighted by atomic mass is 32.2. The fourth-order valence-electron chi connectivity index (χ4n) is 3.09. The maximum atomic E-state index is 12.3. The second-order valence-corrected chi connectivity index (χ2v) is 8.88. The molecule has 6 nitrogen and oxygen atoms in total. The van der Waals surface area contributed by atoms with E-state index >= 15 is 0 Å². The van der Waals surface area contributed by atoms with Crippen LogP contribution in [0.2, 0.25) is 0 Å². The van der Waals surface area contributed by atoms with E-state index in [0.29, 0.717) is 25.6 Å². The normalized spacial score (nSPS) is 22.5. The summed E-state index contributed by atoms with van der Waals surface area (Å²) in [6.45, 7) is 1.03. The number of nitrogens with one attached hydrogen (secondary N) is 1. The molecule has 132 valence electrons. The van der Waals surface area contributed by atoms with Gasteiger partial charge < -0.3 is 10.1 Å². The molecule has 1 aromatic rings. The molecular weight excluding hydrogens is 328 g/mol. The monoisotopic (exact) mass is 352 g/mol. The predicted molar refractivity (Wildman–Crippen MR) is 91.6 cm³/mol. The third-order valence-electron chi connectivity index (χ3n) is 4.55. The van der Waals surface area contributed by atoms with Crippen LogP contribution in [-0.2, 0) is 21.2 Å². The number of ether oxygens (including phenoxy) is 1. The third kappa shape index (κ3) is 4.70. The summed E-state index contributed by atoms with van der Waals surface area (Å²) in [5.41, 5.74) is 1.14. The number of amides is 1. The average molecular weight is 352 g/mol. The Bertz CT molecular complexity index is 683. The largest absolute Gasteiger partial charge is 0.497 e. The standard InChI is InChI=1S/C17H24N2O4S/c1-23-16-6-2-13(3-7-16)10-19(15-4-5-15)11-17(20)18-14-8-9-24(21,22)12-14/h2-3,6-7,14-15H,4-5,8-12H2,1H3,(H,18,20)/t14-/m1/s1. The van der Waals surface area contributed by atoms with Gasteiger partial charge in [0.05, 0.1) is 25.2 Å². The topological polar surface area (TPSA) is 75.7 Å². The summed E-state index contributed by atoms with van der Waals surface area (Å²) in [6.07, 6.45) is 2.75. The van der Waals surface area contributed by atoms with Gasteiger partial charge in [-0.1, -0.05) is 12.1 Å². The second-order valence-electron chi connectivity index (χ2n) is 6.65. The Labute approximate surface area is 143 Å². The summed E-state index contributed by atoms with van der Waals surface area (Å²) < 4.78 is 28.1. The zero-order chi connectivity index (χ0) is 17.2. The lowest BCUT2D eigenvalue weighted by molar-refractivity contribution is -0.123. The molecule has 2 aliphatic rings. The van der Waals surface area contributed by atoms with Crippen LogP contribution in [0.3, 0.4) is 0 Å². The number of rotatable bonds is 7. The van der Waals surface area contributed by atoms with Crippen molar-refractivity contribution in [3.8, 4) is 5.75 Å². The highest BCUT2D eigenvalue weighted by Gasteiger charge is 2.32. The zero-order valence-corrected chi connectivity index (χ0v) is 14.7. The van der Waals surface area contributed by atoms with Crippen LogP contribution in [0.15, 0.2) is 24.3 Å². The van der Waals surface area contributed by atoms with Crippen molar-refractivity contribution in [2.75, 3.05) is 25.2 Å². The fourth-order valence-corrected chi connectivity index (χ4v) is 4.76. The van der Waals surface area contributed by atoms with Gasteiger partial charge in [-0.25, -0.2) is 8.42 Å². The van der Waals surface area contributed by atoms with Gasteiger partial charge in [-0.3, -0.25) is 9.69 Å². The Morgan fingerprint density at radius 3 is 2.50 bits per heavy atom. The Hall–Kier alpha value is -1.60. The lowest BCUT2D eigenvalue weighted by Gasteiger charge is -2.22. The van der Waals surface area contributed by atoms with E-state index in [1.807, 2.05) is 24.3 Å². The Kier molecular flexibility index (Phi) is 5.10. The second kappa shape index (κ2) is 7.11. The molecule has 7 heteroatoms. The van der Waals surface area contributed by atoms with E-state index in [1.54, 1.807) is 7.11 Å². The molecule has 1 aliphatic carbocycles. The molecule has 24 heavy (non-hydrogen) atoms. The van der Waals surface area contributed by atoms with E-state index in [4.69, 9.17) is 4.74 Å². The Morgan fingerprint density at radius 2 is 1.96 bits per heavy atom. The van der Waals surface area contributed by atoms with Gasteiger partial charge >= 0.3 is 0 Å². The molecule has 0 unspecified atom stereocenters. The number of benzene rings is 1. The molecule has 1 heterocycles. The van der Waals surface area contributed by atoms with E-state index in [0.717, 1.165) is 24.2 Å². The van der Waals surface area contributed by atoms with Crippen LogP contribution >= 0.6 is 0 Å². The Morgan fingerprint density at radius 1 is 1.25 bits per heavy atom. The number of nitrogens with zero attached hydrogens (tertiary/aromatic N) is 1. The molecule has 3 rings (SSSR count). The fraction of sp³-hybridized carbons (Fsp3) is 0.588. The molecule has 1 atom stereocenters. The molecule has 1 saturated carbocycles. The molecule has 1 amide bonds. The Balaban J connectivity index is 1.54. The van der Waals surface area contributed by atoms with Crippen molar-refractivity contribution in [1.29, 1.82) is 0 Å². The molecule has 0 aromatic heterocycles. The SMILES string of the molecule is COc1ccc(CN(CC(=O)N[C@@H]2CCS(=O)(=O)C2)C2CC2)cc1. The number of carbonyl (C=O) groups is 1. The first-order valence-electron chi connectivity index (χ1n) is 8.32. The molecule has 2 fully saturated rings. The molecule has 0 bridgehead atoms. The molecule has 1 N–H and O–H groups in total. The van der Waals surface area contributed by atoms with Gasteiger partial charge in [-0.15, -0.1) is 0 Å². The number of hydrogen-bond donors (Lipinski definition) is 1. The van der Waals surface area contributed by atoms with Gasteiger partial charge in [-0.05, 0) is 37.0 Å². The number of methoxy groups -OCH3 is 1. The van der Waals surface area contributed by atoms with Crippen molar-refractivity contribution < 1.29 is 17.9 Å². The van der Waals surface area contributed by atoms with Crippen molar-refractivity contribution in [3.05, 3.63) is 29.8 Å². The van der Waals surface area contributed by atoms with Gasteiger partial charge in [0, 0.05) is 18.6 Å². The first kappa shape index (κ1) is 17.2. The molecule has 0 radical (unpaired) electrons. The van der Waals surface area contributed by atoms with Gasteiger partial charge in [0.2, 0.25) is 5.91 Å². The number of sulfone groups is 1. The first-order chi connectivity index (χ1) is 11.4. The van der Waals surface area contributed by atoms with Crippen LogP contribution in [0.5, 0.6) is 5.75 Å². The summed E-state index contributed by atoms with van der Waals surface area (Å²) in [5.74, 6) is 0.978. The van der Waals surface area contributed by atoms with Gasteiger partial charge in [0.15, 0.2) is 9.84 Å². The molecular formula is C17H24N2O4S. The maximum Gasteiger partial charge on any atom is 0.234 e. The predicted octanol–water partition coefficient (Wildman–Crippen LogP) is 0.963. The third-order valence-corrected chi connectivity index (χ3v) is 6.32. The quantitative estimate of drug-likeness (QED) is 0.791. The summed E-state index contributed by atoms with van der Waals surface area (Å²) in [5, 5.41) is 2.87. The van der Waals surface area contributed by atoms with Crippen LogP contribution in [-0.4, -0.2) is 56.5 Å². The summed E-state index contributed by atoms with van der Waals surface area (Å²) in [7, 11) is -1.33. The summed E-state index contributed by atoms with van der Waals surface area (Å²) in [4.78, 5) is 14.4. The molecule has 1 saturated heterocycles. The van der Waals surface area contributed by atoms with Crippen LogP contribution in [0.25, 0.3) is 0 Å². The van der Waals surface area contributed by atoms with E-state index < -0.39 is 9.84 Å². The van der Waals surface area contributed by atoms with Crippen molar-refractivity contribution in [2.24, 2.45) is 0 Å². The smallest absolute Gasteiger partial charge is 0.234 e. The van der Waals surface area contributed by atoms with Crippen LogP contribution < -0.4 is 10.1 Å². The van der Waals surface area contributed by atoms with Crippen molar-refractivity contribution >= 4 is 15.7 Å². The van der Waals surface area contributed by atoms with Gasteiger partial charge in [0.25, 0.3) is 0 Å². The van der Waals surface area contributed by atoms with E-state index in [9.17, 15) is 13.2 Å². The van der Waals surface area contributed by atoms with E-state index in [-0.39, 0.29) is 23.5 Å². The van der Waals surface area contributed by atoms with Crippen molar-refractivity contribution in [2.45, 2.75) is 37.9 Å². The van der Waals surface area contributed by atoms with Crippen LogP contribution in [0, 0.1) is 0 Å². The lowest BCUT2D eigenvalue weighted by atomic mass is 10.2. The van der Waals surface area contributed by atoms with Gasteiger partial charge in [-0.2, -0.15) is 0 Å². The highest BCUT2D eigenvalue weighted by Crippen LogP contribution is 2.28. The average Bonchev–Trinajstić information content (AvgIpc) is 3.32. The molecule has 1 aliphatic heterocycles. The van der Waals surface area contributed by atoms with Crippen molar-refractivity contribution in [3.63, 3.8) is 0 Å². The minimum atomic E-state index is -2.97. The molecule has 1 aromatic carbocycles. The van der Waals surface area contributed by atoms with Gasteiger partial charge in [0.1, 0.15) is 5.75 Å². The molecule has 0 spiro atoms. The lowest BCUT2D eigenvalue weighted by Crippen LogP contribution is -2.43. The maximum absolute atomic E-state index is 12.3. The van der Waals surface area contributed by atoms with Crippen LogP contribution in [0.1, 0.15) is 24.8 Å². The van der Waals surface area contributed by atoms with Crippen LogP contribution in [0.4, 0.5) is 0 Å². The highest BCUT2D eigenvalue weighted by molar-refractivity contribution is 7.91. The number of carbonyl (C=O) groups excluding carboxylic acids is 1. The number of hydrogen-bond acceptors (Lipinski definition) is 5. The summed E-state index contributed by atoms with van der Waals surface area (Å²) >= 11 is 0. The minimum Gasteiger partial charge on any atom is -0.497 e. The van der Waals surface area contributed by atoms with E-state index in [2.05, 4.69) is 10.2 Å². The summed E-state index contributed by atoms with van der Waals surface area (Å²) in [6, 6.07) is 8.08.